The highest BCUT2D eigenvalue weighted by molar-refractivity contribution is 7.17. The Balaban J connectivity index is 1.15. The number of benzene rings is 10. The van der Waals surface area contributed by atoms with E-state index >= 15 is 0 Å². The van der Waals surface area contributed by atoms with E-state index in [0.717, 1.165) is 39.2 Å². The molecule has 0 saturated carbocycles. The molecule has 13 rings (SSSR count). The number of hydrogen-bond donors (Lipinski definition) is 0. The van der Waals surface area contributed by atoms with Gasteiger partial charge in [0.15, 0.2) is 0 Å². The summed E-state index contributed by atoms with van der Waals surface area (Å²) in [7, 11) is 0. The molecule has 0 saturated heterocycles. The van der Waals surface area contributed by atoms with E-state index in [4.69, 9.17) is 4.98 Å². The van der Waals surface area contributed by atoms with Gasteiger partial charge in [-0.1, -0.05) is 158 Å². The van der Waals surface area contributed by atoms with Gasteiger partial charge in [-0.25, -0.2) is 4.98 Å². The van der Waals surface area contributed by atoms with E-state index in [9.17, 15) is 0 Å². The van der Waals surface area contributed by atoms with E-state index in [1.54, 1.807) is 0 Å². The maximum atomic E-state index is 5.29. The zero-order valence-electron chi connectivity index (χ0n) is 33.6. The second-order valence-electron chi connectivity index (χ2n) is 16.3. The normalized spacial score (nSPS) is 11.9. The number of fused-ring (bicyclic) bond motifs is 11. The van der Waals surface area contributed by atoms with E-state index in [0.29, 0.717) is 0 Å². The summed E-state index contributed by atoms with van der Waals surface area (Å²) in [4.78, 5) is 5.29. The lowest BCUT2D eigenvalue weighted by atomic mass is 9.91. The monoisotopic (exact) mass is 804 g/mol. The molecule has 0 amide bonds. The molecule has 10 aromatic carbocycles. The third-order valence-electron chi connectivity index (χ3n) is 12.8. The third-order valence-corrected chi connectivity index (χ3v) is 13.8. The summed E-state index contributed by atoms with van der Waals surface area (Å²) in [6.45, 7) is 0. The first kappa shape index (κ1) is 35.0. The molecule has 62 heavy (non-hydrogen) atoms. The molecule has 0 aliphatic heterocycles. The molecular weight excluding hydrogens is 769 g/mol. The molecule has 0 unspecified atom stereocenters. The van der Waals surface area contributed by atoms with Crippen molar-refractivity contribution in [2.45, 2.75) is 0 Å². The Morgan fingerprint density at radius 2 is 0.903 bits per heavy atom. The smallest absolute Gasteiger partial charge is 0.0730 e. The van der Waals surface area contributed by atoms with Gasteiger partial charge < -0.3 is 4.57 Å². The van der Waals surface area contributed by atoms with Crippen molar-refractivity contribution >= 4 is 86.3 Å². The lowest BCUT2D eigenvalue weighted by Gasteiger charge is -2.15. The van der Waals surface area contributed by atoms with Crippen molar-refractivity contribution in [3.8, 4) is 50.5 Å². The molecule has 0 bridgehead atoms. The molecule has 2 nitrogen and oxygen atoms in total. The van der Waals surface area contributed by atoms with Gasteiger partial charge in [0.2, 0.25) is 0 Å². The maximum Gasteiger partial charge on any atom is 0.0730 e. The molecule has 0 atom stereocenters. The lowest BCUT2D eigenvalue weighted by Crippen LogP contribution is -1.98. The van der Waals surface area contributed by atoms with E-state index in [2.05, 4.69) is 222 Å². The predicted molar refractivity (Wildman–Crippen MR) is 266 cm³/mol. The fraction of sp³-hybridized carbons (Fsp3) is 0. The summed E-state index contributed by atoms with van der Waals surface area (Å²) < 4.78 is 3.80. The average molecular weight is 805 g/mol. The Morgan fingerprint density at radius 1 is 0.323 bits per heavy atom. The van der Waals surface area contributed by atoms with Crippen LogP contribution in [0.1, 0.15) is 0 Å². The summed E-state index contributed by atoms with van der Waals surface area (Å²) in [6, 6.07) is 78.0. The molecule has 3 aromatic heterocycles. The van der Waals surface area contributed by atoms with Crippen molar-refractivity contribution in [3.63, 3.8) is 0 Å². The first-order chi connectivity index (χ1) is 30.7. The fourth-order valence-electron chi connectivity index (χ4n) is 9.84. The summed E-state index contributed by atoms with van der Waals surface area (Å²) >= 11 is 1.81. The fourth-order valence-corrected chi connectivity index (χ4v) is 10.8. The van der Waals surface area contributed by atoms with Gasteiger partial charge in [-0.15, -0.1) is 11.3 Å². The van der Waals surface area contributed by atoms with Gasteiger partial charge in [-0.2, -0.15) is 0 Å². The molecule has 3 heteroatoms. The Bertz CT molecular complexity index is 3860. The highest BCUT2D eigenvalue weighted by atomic mass is 32.1. The quantitative estimate of drug-likeness (QED) is 0.158. The third kappa shape index (κ3) is 5.52. The van der Waals surface area contributed by atoms with Gasteiger partial charge in [0.1, 0.15) is 0 Å². The van der Waals surface area contributed by atoms with Crippen LogP contribution in [-0.4, -0.2) is 9.55 Å². The minimum atomic E-state index is 0.939. The molecule has 0 aliphatic carbocycles. The van der Waals surface area contributed by atoms with Crippen LogP contribution in [0.3, 0.4) is 0 Å². The molecule has 0 aliphatic rings. The van der Waals surface area contributed by atoms with Crippen LogP contribution in [0.4, 0.5) is 0 Å². The molecule has 3 heterocycles. The second-order valence-corrected chi connectivity index (χ2v) is 17.2. The largest absolute Gasteiger partial charge is 0.309 e. The average Bonchev–Trinajstić information content (AvgIpc) is 3.96. The predicted octanol–water partition coefficient (Wildman–Crippen LogP) is 16.7. The zero-order valence-corrected chi connectivity index (χ0v) is 34.4. The first-order valence-electron chi connectivity index (χ1n) is 21.2. The number of aromatic nitrogens is 2. The van der Waals surface area contributed by atoms with Crippen molar-refractivity contribution in [2.75, 3.05) is 0 Å². The highest BCUT2D eigenvalue weighted by Gasteiger charge is 2.20. The minimum absolute atomic E-state index is 0.939. The summed E-state index contributed by atoms with van der Waals surface area (Å²) in [5.74, 6) is 0. The Morgan fingerprint density at radius 3 is 1.69 bits per heavy atom. The highest BCUT2D eigenvalue weighted by Crippen LogP contribution is 2.44. The number of hydrogen-bond acceptors (Lipinski definition) is 2. The van der Waals surface area contributed by atoms with Crippen molar-refractivity contribution in [3.05, 3.63) is 218 Å². The van der Waals surface area contributed by atoms with Crippen LogP contribution in [0.15, 0.2) is 218 Å². The van der Waals surface area contributed by atoms with Crippen LogP contribution < -0.4 is 0 Å². The van der Waals surface area contributed by atoms with Crippen LogP contribution in [0.5, 0.6) is 0 Å². The molecule has 0 spiro atoms. The number of thiophene rings is 1. The number of nitrogens with zero attached hydrogens (tertiary/aromatic N) is 2. The maximum absolute atomic E-state index is 5.29. The Labute approximate surface area is 362 Å². The van der Waals surface area contributed by atoms with Gasteiger partial charge in [-0.3, -0.25) is 0 Å². The summed E-state index contributed by atoms with van der Waals surface area (Å²) in [5.41, 5.74) is 12.4. The van der Waals surface area contributed by atoms with E-state index in [1.165, 1.54) is 86.2 Å². The second kappa shape index (κ2) is 13.9. The van der Waals surface area contributed by atoms with E-state index < -0.39 is 0 Å². The van der Waals surface area contributed by atoms with Crippen molar-refractivity contribution < 1.29 is 0 Å². The van der Waals surface area contributed by atoms with Gasteiger partial charge in [-0.05, 0) is 131 Å². The van der Waals surface area contributed by atoms with Gasteiger partial charge in [0, 0.05) is 26.6 Å². The van der Waals surface area contributed by atoms with Crippen LogP contribution in [0.25, 0.3) is 125 Å². The van der Waals surface area contributed by atoms with Gasteiger partial charge in [0.05, 0.1) is 28.1 Å². The van der Waals surface area contributed by atoms with E-state index in [-0.39, 0.29) is 0 Å². The van der Waals surface area contributed by atoms with Crippen molar-refractivity contribution in [1.29, 1.82) is 0 Å². The SMILES string of the molecule is c1ccc(-c2cc(-n3c4ccc(-c5ccc6ccccc6c5)cc4c4cc5c6ccccc6c6ccc(-c7cccc8ccsc78)cc6c5cc43)cc(-c3ccccc3)n2)cc1. The van der Waals surface area contributed by atoms with Gasteiger partial charge >= 0.3 is 0 Å². The van der Waals surface area contributed by atoms with Crippen LogP contribution in [0.2, 0.25) is 0 Å². The standard InChI is InChI=1S/C59H36N2S/c1-3-13-38(14-4-1)55-33-45(34-56(60-55)39-15-5-2-6-16-39)61-57-27-25-43(42-23-22-37-12-7-8-17-41(37)30-42)31-53(57)54-35-51-48-20-10-9-19-47(48)49-26-24-44(32-50(49)52(51)36-58(54)61)46-21-11-18-40-28-29-62-59(40)46/h1-36H. The minimum Gasteiger partial charge on any atom is -0.309 e. The van der Waals surface area contributed by atoms with Crippen molar-refractivity contribution in [2.24, 2.45) is 0 Å². The zero-order chi connectivity index (χ0) is 40.7. The van der Waals surface area contributed by atoms with Crippen LogP contribution >= 0.6 is 11.3 Å². The van der Waals surface area contributed by atoms with Gasteiger partial charge in [0.25, 0.3) is 0 Å². The molecule has 0 N–H and O–H groups in total. The number of rotatable bonds is 5. The number of pyridine rings is 1. The topological polar surface area (TPSA) is 17.8 Å². The summed E-state index contributed by atoms with van der Waals surface area (Å²) in [6.07, 6.45) is 0. The van der Waals surface area contributed by atoms with Crippen LogP contribution in [0, 0.1) is 0 Å². The molecule has 0 fully saturated rings. The molecular formula is C59H36N2S. The Hall–Kier alpha value is -7.85. The molecule has 288 valence electrons. The molecule has 13 aromatic rings. The first-order valence-corrected chi connectivity index (χ1v) is 22.1. The van der Waals surface area contributed by atoms with E-state index in [1.807, 2.05) is 11.3 Å². The molecule has 0 radical (unpaired) electrons. The summed E-state index contributed by atoms with van der Waals surface area (Å²) in [5, 5.41) is 16.0. The van der Waals surface area contributed by atoms with Crippen LogP contribution in [-0.2, 0) is 0 Å². The van der Waals surface area contributed by atoms with Crippen molar-refractivity contribution in [1.82, 2.24) is 9.55 Å². The Kier molecular flexibility index (Phi) is 7.81. The lowest BCUT2D eigenvalue weighted by molar-refractivity contribution is 1.16.